The molecule has 0 unspecified atom stereocenters. The highest BCUT2D eigenvalue weighted by molar-refractivity contribution is 5.16. The van der Waals surface area contributed by atoms with Gasteiger partial charge in [-0.25, -0.2) is 4.39 Å². The van der Waals surface area contributed by atoms with E-state index >= 15 is 0 Å². The van der Waals surface area contributed by atoms with Crippen LogP contribution in [0.3, 0.4) is 0 Å². The van der Waals surface area contributed by atoms with Crippen LogP contribution in [0.25, 0.3) is 0 Å². The molecule has 0 saturated carbocycles. The van der Waals surface area contributed by atoms with Gasteiger partial charge in [0.05, 0.1) is 6.54 Å². The van der Waals surface area contributed by atoms with E-state index in [1.807, 2.05) is 13.0 Å². The van der Waals surface area contributed by atoms with Gasteiger partial charge < -0.3 is 5.32 Å². The number of rotatable bonds is 4. The number of nitrogens with one attached hydrogen (secondary N) is 1. The third-order valence-electron chi connectivity index (χ3n) is 1.87. The van der Waals surface area contributed by atoms with E-state index in [1.165, 1.54) is 6.07 Å². The largest absolute Gasteiger partial charge is 0.306 e. The topological polar surface area (TPSA) is 12.0 Å². The van der Waals surface area contributed by atoms with E-state index in [-0.39, 0.29) is 5.82 Å². The van der Waals surface area contributed by atoms with Crippen LogP contribution >= 0.6 is 0 Å². The fourth-order valence-corrected chi connectivity index (χ4v) is 1.16. The van der Waals surface area contributed by atoms with E-state index in [0.717, 1.165) is 18.5 Å². The van der Waals surface area contributed by atoms with E-state index in [9.17, 15) is 4.39 Å². The Balaban J connectivity index is 2.27. The molecule has 14 heavy (non-hydrogen) atoms. The lowest BCUT2D eigenvalue weighted by Crippen LogP contribution is -2.17. The Morgan fingerprint density at radius 2 is 2.29 bits per heavy atom. The van der Waals surface area contributed by atoms with Gasteiger partial charge in [-0.1, -0.05) is 18.1 Å². The maximum atomic E-state index is 12.8. The molecule has 0 fully saturated rings. The molecule has 0 aliphatic carbocycles. The van der Waals surface area contributed by atoms with Gasteiger partial charge in [0, 0.05) is 6.54 Å². The Kier molecular flexibility index (Phi) is 4.74. The summed E-state index contributed by atoms with van der Waals surface area (Å²) in [7, 11) is 0. The average molecular weight is 191 g/mol. The molecule has 0 bridgehead atoms. The van der Waals surface area contributed by atoms with Crippen molar-refractivity contribution in [3.05, 3.63) is 35.6 Å². The molecule has 0 aromatic heterocycles. The van der Waals surface area contributed by atoms with Gasteiger partial charge in [-0.15, -0.1) is 5.92 Å². The van der Waals surface area contributed by atoms with Crippen molar-refractivity contribution in [2.45, 2.75) is 13.3 Å². The zero-order chi connectivity index (χ0) is 10.2. The molecular weight excluding hydrogens is 177 g/mol. The Bertz CT molecular complexity index is 336. The van der Waals surface area contributed by atoms with Crippen molar-refractivity contribution in [3.8, 4) is 11.8 Å². The van der Waals surface area contributed by atoms with E-state index in [4.69, 9.17) is 0 Å². The standard InChI is InChI=1S/C12H14FN/c1-2-3-8-14-9-7-11-5-4-6-12(13)10-11/h4-6,10,14H,7-9H2,1H3. The maximum absolute atomic E-state index is 12.8. The molecule has 1 N–H and O–H groups in total. The Labute approximate surface area is 84.3 Å². The van der Waals surface area contributed by atoms with E-state index < -0.39 is 0 Å². The molecule has 1 rings (SSSR count). The van der Waals surface area contributed by atoms with Crippen LogP contribution in [0.15, 0.2) is 24.3 Å². The number of hydrogen-bond acceptors (Lipinski definition) is 1. The van der Waals surface area contributed by atoms with Gasteiger partial charge in [0.2, 0.25) is 0 Å². The van der Waals surface area contributed by atoms with Crippen molar-refractivity contribution < 1.29 is 4.39 Å². The van der Waals surface area contributed by atoms with Crippen molar-refractivity contribution in [1.29, 1.82) is 0 Å². The van der Waals surface area contributed by atoms with Crippen LogP contribution in [0.1, 0.15) is 12.5 Å². The molecule has 74 valence electrons. The van der Waals surface area contributed by atoms with Gasteiger partial charge in [-0.3, -0.25) is 0 Å². The molecular formula is C12H14FN. The lowest BCUT2D eigenvalue weighted by atomic mass is 10.1. The van der Waals surface area contributed by atoms with Crippen LogP contribution in [-0.4, -0.2) is 13.1 Å². The first-order chi connectivity index (χ1) is 6.83. The molecule has 0 amide bonds. The lowest BCUT2D eigenvalue weighted by molar-refractivity contribution is 0.624. The van der Waals surface area contributed by atoms with Gasteiger partial charge >= 0.3 is 0 Å². The summed E-state index contributed by atoms with van der Waals surface area (Å²) in [6.45, 7) is 3.35. The monoisotopic (exact) mass is 191 g/mol. The fourth-order valence-electron chi connectivity index (χ4n) is 1.16. The second-order valence-corrected chi connectivity index (χ2v) is 2.98. The Hall–Kier alpha value is -1.33. The SMILES string of the molecule is CC#CCNCCc1cccc(F)c1. The summed E-state index contributed by atoms with van der Waals surface area (Å²) < 4.78 is 12.8. The zero-order valence-electron chi connectivity index (χ0n) is 8.31. The van der Waals surface area contributed by atoms with Gasteiger partial charge in [0.25, 0.3) is 0 Å². The van der Waals surface area contributed by atoms with Crippen LogP contribution in [0.5, 0.6) is 0 Å². The first-order valence-electron chi connectivity index (χ1n) is 4.67. The van der Waals surface area contributed by atoms with Crippen molar-refractivity contribution >= 4 is 0 Å². The second kappa shape index (κ2) is 6.17. The summed E-state index contributed by atoms with van der Waals surface area (Å²) in [5.41, 5.74) is 1.02. The molecule has 0 heterocycles. The lowest BCUT2D eigenvalue weighted by Gasteiger charge is -2.01. The van der Waals surface area contributed by atoms with Crippen LogP contribution in [-0.2, 0) is 6.42 Å². The summed E-state index contributed by atoms with van der Waals surface area (Å²) in [6.07, 6.45) is 0.836. The number of hydrogen-bond donors (Lipinski definition) is 1. The van der Waals surface area contributed by atoms with E-state index in [2.05, 4.69) is 17.2 Å². The molecule has 0 aliphatic rings. The van der Waals surface area contributed by atoms with Crippen molar-refractivity contribution in [1.82, 2.24) is 5.32 Å². The van der Waals surface area contributed by atoms with Gasteiger partial charge in [-0.05, 0) is 31.0 Å². The molecule has 0 radical (unpaired) electrons. The predicted molar refractivity (Wildman–Crippen MR) is 56.4 cm³/mol. The van der Waals surface area contributed by atoms with Crippen molar-refractivity contribution in [2.75, 3.05) is 13.1 Å². The summed E-state index contributed by atoms with van der Waals surface area (Å²) in [4.78, 5) is 0. The smallest absolute Gasteiger partial charge is 0.123 e. The third kappa shape index (κ3) is 4.06. The van der Waals surface area contributed by atoms with Crippen molar-refractivity contribution in [2.24, 2.45) is 0 Å². The highest BCUT2D eigenvalue weighted by Gasteiger charge is 1.93. The van der Waals surface area contributed by atoms with Crippen LogP contribution in [0, 0.1) is 17.7 Å². The molecule has 0 atom stereocenters. The van der Waals surface area contributed by atoms with Crippen LogP contribution in [0.2, 0.25) is 0 Å². The summed E-state index contributed by atoms with van der Waals surface area (Å²) in [5, 5.41) is 3.16. The summed E-state index contributed by atoms with van der Waals surface area (Å²) in [5.74, 6) is 5.54. The van der Waals surface area contributed by atoms with Gasteiger partial charge in [-0.2, -0.15) is 0 Å². The number of halogens is 1. The highest BCUT2D eigenvalue weighted by Crippen LogP contribution is 2.03. The predicted octanol–water partition coefficient (Wildman–Crippen LogP) is 1.98. The first-order valence-corrected chi connectivity index (χ1v) is 4.67. The first kappa shape index (κ1) is 10.7. The molecule has 1 aromatic rings. The van der Waals surface area contributed by atoms with E-state index in [1.54, 1.807) is 12.1 Å². The minimum atomic E-state index is -0.171. The van der Waals surface area contributed by atoms with E-state index in [0.29, 0.717) is 6.54 Å². The maximum Gasteiger partial charge on any atom is 0.123 e. The fraction of sp³-hybridized carbons (Fsp3) is 0.333. The van der Waals surface area contributed by atoms with Crippen molar-refractivity contribution in [3.63, 3.8) is 0 Å². The molecule has 2 heteroatoms. The number of benzene rings is 1. The zero-order valence-corrected chi connectivity index (χ0v) is 8.31. The molecule has 0 aliphatic heterocycles. The Morgan fingerprint density at radius 1 is 1.43 bits per heavy atom. The molecule has 0 saturated heterocycles. The second-order valence-electron chi connectivity index (χ2n) is 2.98. The summed E-state index contributed by atoms with van der Waals surface area (Å²) in [6, 6.07) is 6.68. The van der Waals surface area contributed by atoms with Crippen LogP contribution < -0.4 is 5.32 Å². The normalized spacial score (nSPS) is 9.29. The minimum absolute atomic E-state index is 0.171. The molecule has 1 aromatic carbocycles. The highest BCUT2D eigenvalue weighted by atomic mass is 19.1. The van der Waals surface area contributed by atoms with Gasteiger partial charge in [0.1, 0.15) is 5.82 Å². The average Bonchev–Trinajstić information content (AvgIpc) is 2.18. The quantitative estimate of drug-likeness (QED) is 0.567. The van der Waals surface area contributed by atoms with Crippen LogP contribution in [0.4, 0.5) is 4.39 Å². The summed E-state index contributed by atoms with van der Waals surface area (Å²) >= 11 is 0. The Morgan fingerprint density at radius 3 is 3.00 bits per heavy atom. The van der Waals surface area contributed by atoms with Gasteiger partial charge in [0.15, 0.2) is 0 Å². The molecule has 1 nitrogen and oxygen atoms in total. The molecule has 0 spiro atoms. The minimum Gasteiger partial charge on any atom is -0.306 e. The third-order valence-corrected chi connectivity index (χ3v) is 1.87.